The zero-order valence-electron chi connectivity index (χ0n) is 15.4. The van der Waals surface area contributed by atoms with Gasteiger partial charge in [-0.3, -0.25) is 4.79 Å². The van der Waals surface area contributed by atoms with Gasteiger partial charge in [-0.1, -0.05) is 24.9 Å². The van der Waals surface area contributed by atoms with Crippen molar-refractivity contribution < 1.29 is 14.1 Å². The van der Waals surface area contributed by atoms with Crippen molar-refractivity contribution in [2.24, 2.45) is 11.3 Å². The number of rotatable bonds is 6. The number of hydrogen-bond acceptors (Lipinski definition) is 4. The standard InChI is InChI=1S/C19H30N2O3/c1-5-23-17-11-16(19(17)8-6-7-9-19)20-18(22)12(2)10-15-13(3)21-24-14(15)4/h12,16-17H,5-11H2,1-4H3,(H,20,22)/t12-,16-,17-/m1/s1. The van der Waals surface area contributed by atoms with Gasteiger partial charge in [0.25, 0.3) is 0 Å². The van der Waals surface area contributed by atoms with Crippen LogP contribution >= 0.6 is 0 Å². The predicted molar refractivity (Wildman–Crippen MR) is 91.7 cm³/mol. The zero-order valence-corrected chi connectivity index (χ0v) is 15.4. The molecule has 0 saturated heterocycles. The summed E-state index contributed by atoms with van der Waals surface area (Å²) < 4.78 is 11.1. The Bertz CT molecular complexity index is 570. The lowest BCUT2D eigenvalue weighted by Crippen LogP contribution is -2.64. The Morgan fingerprint density at radius 3 is 2.71 bits per heavy atom. The van der Waals surface area contributed by atoms with E-state index in [9.17, 15) is 4.79 Å². The fourth-order valence-corrected chi connectivity index (χ4v) is 4.60. The monoisotopic (exact) mass is 334 g/mol. The Kier molecular flexibility index (Phi) is 5.00. The third-order valence-electron chi connectivity index (χ3n) is 6.14. The summed E-state index contributed by atoms with van der Waals surface area (Å²) in [6.45, 7) is 8.64. The number of carbonyl (C=O) groups is 1. The molecule has 3 rings (SSSR count). The molecule has 3 atom stereocenters. The Morgan fingerprint density at radius 1 is 1.42 bits per heavy atom. The maximum Gasteiger partial charge on any atom is 0.223 e. The second-order valence-electron chi connectivity index (χ2n) is 7.59. The van der Waals surface area contributed by atoms with Crippen LogP contribution in [-0.4, -0.2) is 29.8 Å². The van der Waals surface area contributed by atoms with Gasteiger partial charge in [-0.15, -0.1) is 0 Å². The Morgan fingerprint density at radius 2 is 2.12 bits per heavy atom. The Hall–Kier alpha value is -1.36. The van der Waals surface area contributed by atoms with Gasteiger partial charge in [0.05, 0.1) is 11.8 Å². The summed E-state index contributed by atoms with van der Waals surface area (Å²) in [6, 6.07) is 0.274. The molecule has 134 valence electrons. The lowest BCUT2D eigenvalue weighted by atomic mass is 9.60. The van der Waals surface area contributed by atoms with E-state index in [1.165, 1.54) is 25.7 Å². The average Bonchev–Trinajstić information content (AvgIpc) is 3.18. The first-order valence-corrected chi connectivity index (χ1v) is 9.31. The number of nitrogens with one attached hydrogen (secondary N) is 1. The third-order valence-corrected chi connectivity index (χ3v) is 6.14. The van der Waals surface area contributed by atoms with Gasteiger partial charge in [0.15, 0.2) is 0 Å². The minimum absolute atomic E-state index is 0.0774. The Labute approximate surface area is 144 Å². The van der Waals surface area contributed by atoms with Crippen LogP contribution < -0.4 is 5.32 Å². The van der Waals surface area contributed by atoms with Crippen LogP contribution in [0, 0.1) is 25.2 Å². The smallest absolute Gasteiger partial charge is 0.223 e. The van der Waals surface area contributed by atoms with E-state index in [0.29, 0.717) is 12.5 Å². The van der Waals surface area contributed by atoms with Crippen LogP contribution in [0.5, 0.6) is 0 Å². The number of nitrogens with zero attached hydrogens (tertiary/aromatic N) is 1. The lowest BCUT2D eigenvalue weighted by molar-refractivity contribution is -0.146. The van der Waals surface area contributed by atoms with E-state index in [4.69, 9.17) is 9.26 Å². The molecule has 1 aromatic rings. The number of hydrogen-bond donors (Lipinski definition) is 1. The van der Waals surface area contributed by atoms with Gasteiger partial charge in [0.1, 0.15) is 5.76 Å². The van der Waals surface area contributed by atoms with Crippen LogP contribution in [0.1, 0.15) is 63.0 Å². The molecule has 0 bridgehead atoms. The van der Waals surface area contributed by atoms with E-state index in [-0.39, 0.29) is 23.3 Å². The molecule has 24 heavy (non-hydrogen) atoms. The molecule has 1 heterocycles. The topological polar surface area (TPSA) is 64.4 Å². The Balaban J connectivity index is 1.60. The first-order chi connectivity index (χ1) is 11.5. The van der Waals surface area contributed by atoms with E-state index in [0.717, 1.165) is 30.0 Å². The molecule has 2 aliphatic carbocycles. The SMILES string of the molecule is CCO[C@@H]1C[C@@H](NC(=O)[C@H](C)Cc2c(C)noc2C)C12CCCC2. The highest BCUT2D eigenvalue weighted by molar-refractivity contribution is 5.79. The molecule has 0 aliphatic heterocycles. The van der Waals surface area contributed by atoms with Crippen LogP contribution in [0.3, 0.4) is 0 Å². The van der Waals surface area contributed by atoms with E-state index in [1.807, 2.05) is 20.8 Å². The van der Waals surface area contributed by atoms with Gasteiger partial charge in [-0.2, -0.15) is 0 Å². The summed E-state index contributed by atoms with van der Waals surface area (Å²) in [5, 5.41) is 7.30. The predicted octanol–water partition coefficient (Wildman–Crippen LogP) is 3.32. The molecule has 2 fully saturated rings. The minimum atomic E-state index is -0.0774. The van der Waals surface area contributed by atoms with E-state index in [1.54, 1.807) is 0 Å². The largest absolute Gasteiger partial charge is 0.378 e. The maximum atomic E-state index is 12.7. The number of ether oxygens (including phenoxy) is 1. The maximum absolute atomic E-state index is 12.7. The minimum Gasteiger partial charge on any atom is -0.378 e. The molecule has 2 aliphatic rings. The first kappa shape index (κ1) is 17.5. The van der Waals surface area contributed by atoms with Crippen molar-refractivity contribution in [3.05, 3.63) is 17.0 Å². The highest BCUT2D eigenvalue weighted by Crippen LogP contribution is 2.54. The number of aryl methyl sites for hydroxylation is 2. The van der Waals surface area contributed by atoms with Gasteiger partial charge in [0, 0.05) is 29.5 Å². The van der Waals surface area contributed by atoms with E-state index < -0.39 is 0 Å². The van der Waals surface area contributed by atoms with Crippen LogP contribution in [0.4, 0.5) is 0 Å². The first-order valence-electron chi connectivity index (χ1n) is 9.31. The molecule has 5 nitrogen and oxygen atoms in total. The van der Waals surface area contributed by atoms with Crippen molar-refractivity contribution in [3.8, 4) is 0 Å². The number of amides is 1. The lowest BCUT2D eigenvalue weighted by Gasteiger charge is -2.54. The van der Waals surface area contributed by atoms with Crippen LogP contribution in [-0.2, 0) is 16.0 Å². The fraction of sp³-hybridized carbons (Fsp3) is 0.789. The normalized spacial score (nSPS) is 26.3. The second-order valence-corrected chi connectivity index (χ2v) is 7.59. The molecule has 0 aromatic carbocycles. The van der Waals surface area contributed by atoms with E-state index >= 15 is 0 Å². The quantitative estimate of drug-likeness (QED) is 0.867. The van der Waals surface area contributed by atoms with Gasteiger partial charge in [0.2, 0.25) is 5.91 Å². The van der Waals surface area contributed by atoms with Crippen molar-refractivity contribution in [2.75, 3.05) is 6.61 Å². The molecule has 0 radical (unpaired) electrons. The summed E-state index contributed by atoms with van der Waals surface area (Å²) in [5.41, 5.74) is 2.14. The summed E-state index contributed by atoms with van der Waals surface area (Å²) in [5.74, 6) is 0.882. The molecule has 0 unspecified atom stereocenters. The third kappa shape index (κ3) is 2.99. The molecule has 5 heteroatoms. The van der Waals surface area contributed by atoms with Crippen LogP contribution in [0.2, 0.25) is 0 Å². The zero-order chi connectivity index (χ0) is 17.3. The van der Waals surface area contributed by atoms with Crippen molar-refractivity contribution in [2.45, 2.75) is 78.4 Å². The number of carbonyl (C=O) groups excluding carboxylic acids is 1. The summed E-state index contributed by atoms with van der Waals surface area (Å²) in [7, 11) is 0. The highest BCUT2D eigenvalue weighted by Gasteiger charge is 2.57. The van der Waals surface area contributed by atoms with Crippen LogP contribution in [0.25, 0.3) is 0 Å². The van der Waals surface area contributed by atoms with Gasteiger partial charge in [-0.05, 0) is 46.5 Å². The molecular weight excluding hydrogens is 304 g/mol. The molecule has 1 amide bonds. The van der Waals surface area contributed by atoms with Gasteiger partial charge < -0.3 is 14.6 Å². The van der Waals surface area contributed by atoms with E-state index in [2.05, 4.69) is 17.4 Å². The van der Waals surface area contributed by atoms with Crippen molar-refractivity contribution in [1.29, 1.82) is 0 Å². The average molecular weight is 334 g/mol. The molecule has 1 spiro atoms. The summed E-state index contributed by atoms with van der Waals surface area (Å²) in [4.78, 5) is 12.7. The number of aromatic nitrogens is 1. The summed E-state index contributed by atoms with van der Waals surface area (Å²) >= 11 is 0. The second kappa shape index (κ2) is 6.87. The summed E-state index contributed by atoms with van der Waals surface area (Å²) in [6.07, 6.45) is 6.84. The van der Waals surface area contributed by atoms with Gasteiger partial charge in [-0.25, -0.2) is 0 Å². The molecular formula is C19H30N2O3. The van der Waals surface area contributed by atoms with Crippen LogP contribution in [0.15, 0.2) is 4.52 Å². The molecule has 1 aromatic heterocycles. The molecule has 1 N–H and O–H groups in total. The van der Waals surface area contributed by atoms with Crippen molar-refractivity contribution in [3.63, 3.8) is 0 Å². The molecule has 2 saturated carbocycles. The fourth-order valence-electron chi connectivity index (χ4n) is 4.60. The van der Waals surface area contributed by atoms with Crippen molar-refractivity contribution in [1.82, 2.24) is 10.5 Å². The van der Waals surface area contributed by atoms with Crippen molar-refractivity contribution >= 4 is 5.91 Å². The highest BCUT2D eigenvalue weighted by atomic mass is 16.5. The van der Waals surface area contributed by atoms with Gasteiger partial charge >= 0.3 is 0 Å².